The van der Waals surface area contributed by atoms with Crippen molar-refractivity contribution < 1.29 is 23.0 Å². The minimum Gasteiger partial charge on any atom is -0.494 e. The lowest BCUT2D eigenvalue weighted by atomic mass is 10.1. The standard InChI is InChI=1S/C26H25F2N5O4/c1-36-16-22-19(25(34)30-12-21-24(28)23(37-2)9-10-29-21)15-33(31-22)14-18-7-5-17(6-8-18)13-32-11-3-4-20(27)26(32)35/h3-11,15H,12-14,16H2,1-2H3,(H,30,34). The van der Waals surface area contributed by atoms with Gasteiger partial charge in [-0.25, -0.2) is 8.78 Å². The Hall–Kier alpha value is -4.38. The van der Waals surface area contributed by atoms with E-state index in [1.54, 1.807) is 10.9 Å². The van der Waals surface area contributed by atoms with Gasteiger partial charge in [-0.2, -0.15) is 5.10 Å². The highest BCUT2D eigenvalue weighted by atomic mass is 19.1. The molecule has 0 bridgehead atoms. The molecule has 0 spiro atoms. The van der Waals surface area contributed by atoms with Gasteiger partial charge >= 0.3 is 0 Å². The maximum absolute atomic E-state index is 14.4. The number of carbonyl (C=O) groups excluding carboxylic acids is 1. The van der Waals surface area contributed by atoms with Crippen molar-refractivity contribution in [1.29, 1.82) is 0 Å². The normalized spacial score (nSPS) is 10.9. The van der Waals surface area contributed by atoms with Gasteiger partial charge in [0.2, 0.25) is 0 Å². The van der Waals surface area contributed by atoms with Crippen LogP contribution < -0.4 is 15.6 Å². The molecule has 0 fully saturated rings. The zero-order valence-electron chi connectivity index (χ0n) is 20.3. The Balaban J connectivity index is 1.45. The van der Waals surface area contributed by atoms with Crippen LogP contribution in [-0.4, -0.2) is 39.5 Å². The van der Waals surface area contributed by atoms with E-state index in [1.807, 2.05) is 24.3 Å². The summed E-state index contributed by atoms with van der Waals surface area (Å²) in [5.41, 5.74) is 1.83. The van der Waals surface area contributed by atoms with Crippen molar-refractivity contribution in [2.75, 3.05) is 14.2 Å². The minimum absolute atomic E-state index is 0.0427. The lowest BCUT2D eigenvalue weighted by molar-refractivity contribution is 0.0945. The molecule has 1 amide bonds. The van der Waals surface area contributed by atoms with Gasteiger partial charge in [0.1, 0.15) is 5.69 Å². The monoisotopic (exact) mass is 509 g/mol. The highest BCUT2D eigenvalue weighted by Crippen LogP contribution is 2.18. The average Bonchev–Trinajstić information content (AvgIpc) is 3.29. The van der Waals surface area contributed by atoms with Crippen LogP contribution in [-0.2, 0) is 31.0 Å². The van der Waals surface area contributed by atoms with E-state index >= 15 is 0 Å². The molecule has 0 radical (unpaired) electrons. The summed E-state index contributed by atoms with van der Waals surface area (Å²) in [6, 6.07) is 11.4. The first-order valence-corrected chi connectivity index (χ1v) is 11.3. The second kappa shape index (κ2) is 11.6. The Morgan fingerprint density at radius 3 is 2.46 bits per heavy atom. The number of carbonyl (C=O) groups is 1. The molecule has 9 nitrogen and oxygen atoms in total. The second-order valence-corrected chi connectivity index (χ2v) is 8.18. The Morgan fingerprint density at radius 2 is 1.76 bits per heavy atom. The number of halogens is 2. The molecular weight excluding hydrogens is 484 g/mol. The molecule has 37 heavy (non-hydrogen) atoms. The van der Waals surface area contributed by atoms with Gasteiger partial charge in [-0.05, 0) is 23.3 Å². The van der Waals surface area contributed by atoms with Crippen LogP contribution in [0.5, 0.6) is 5.75 Å². The van der Waals surface area contributed by atoms with Crippen LogP contribution in [0.3, 0.4) is 0 Å². The first kappa shape index (κ1) is 25.7. The predicted molar refractivity (Wildman–Crippen MR) is 130 cm³/mol. The van der Waals surface area contributed by atoms with E-state index in [0.29, 0.717) is 17.8 Å². The van der Waals surface area contributed by atoms with Crippen LogP contribution in [0.1, 0.15) is 32.9 Å². The first-order valence-electron chi connectivity index (χ1n) is 11.3. The third kappa shape index (κ3) is 6.07. The maximum Gasteiger partial charge on any atom is 0.286 e. The highest BCUT2D eigenvalue weighted by Gasteiger charge is 2.18. The lowest BCUT2D eigenvalue weighted by Crippen LogP contribution is -2.24. The fourth-order valence-corrected chi connectivity index (χ4v) is 3.75. The summed E-state index contributed by atoms with van der Waals surface area (Å²) >= 11 is 0. The SMILES string of the molecule is COCc1nn(Cc2ccc(Cn3cccc(F)c3=O)cc2)cc1C(=O)NCc1nccc(OC)c1F. The molecule has 0 aliphatic heterocycles. The predicted octanol–water partition coefficient (Wildman–Crippen LogP) is 2.90. The van der Waals surface area contributed by atoms with Crippen molar-refractivity contribution in [3.63, 3.8) is 0 Å². The third-order valence-corrected chi connectivity index (χ3v) is 5.62. The number of methoxy groups -OCH3 is 2. The van der Waals surface area contributed by atoms with Crippen LogP contribution in [0.2, 0.25) is 0 Å². The minimum atomic E-state index is -0.797. The van der Waals surface area contributed by atoms with Gasteiger partial charge < -0.3 is 19.4 Å². The zero-order chi connectivity index (χ0) is 26.4. The molecule has 0 unspecified atom stereocenters. The molecule has 0 aliphatic rings. The average molecular weight is 510 g/mol. The fraction of sp³-hybridized carbons (Fsp3) is 0.231. The number of aromatic nitrogens is 4. The van der Waals surface area contributed by atoms with Gasteiger partial charge in [0.15, 0.2) is 17.4 Å². The summed E-state index contributed by atoms with van der Waals surface area (Å²) in [6.07, 6.45) is 4.53. The summed E-state index contributed by atoms with van der Waals surface area (Å²) < 4.78 is 40.9. The number of ether oxygens (including phenoxy) is 2. The zero-order valence-corrected chi connectivity index (χ0v) is 20.3. The quantitative estimate of drug-likeness (QED) is 0.353. The number of amides is 1. The fourth-order valence-electron chi connectivity index (χ4n) is 3.75. The van der Waals surface area contributed by atoms with Crippen molar-refractivity contribution in [2.45, 2.75) is 26.2 Å². The number of nitrogens with one attached hydrogen (secondary N) is 1. The molecule has 0 saturated carbocycles. The van der Waals surface area contributed by atoms with E-state index < -0.39 is 23.1 Å². The second-order valence-electron chi connectivity index (χ2n) is 8.18. The van der Waals surface area contributed by atoms with Crippen LogP contribution in [0, 0.1) is 11.6 Å². The number of pyridine rings is 2. The highest BCUT2D eigenvalue weighted by molar-refractivity contribution is 5.95. The molecule has 1 aromatic carbocycles. The van der Waals surface area contributed by atoms with E-state index in [1.165, 1.54) is 43.3 Å². The van der Waals surface area contributed by atoms with E-state index in [9.17, 15) is 18.4 Å². The van der Waals surface area contributed by atoms with E-state index in [2.05, 4.69) is 15.4 Å². The van der Waals surface area contributed by atoms with E-state index in [4.69, 9.17) is 9.47 Å². The van der Waals surface area contributed by atoms with Crippen LogP contribution in [0.25, 0.3) is 0 Å². The summed E-state index contributed by atoms with van der Waals surface area (Å²) in [5.74, 6) is -1.84. The van der Waals surface area contributed by atoms with Gasteiger partial charge in [0.05, 0.1) is 44.6 Å². The van der Waals surface area contributed by atoms with Crippen molar-refractivity contribution in [3.05, 3.63) is 111 Å². The summed E-state index contributed by atoms with van der Waals surface area (Å²) in [5, 5.41) is 7.12. The Kier molecular flexibility index (Phi) is 8.04. The van der Waals surface area contributed by atoms with Gasteiger partial charge in [0.25, 0.3) is 11.5 Å². The van der Waals surface area contributed by atoms with E-state index in [0.717, 1.165) is 17.2 Å². The topological polar surface area (TPSA) is 100 Å². The molecule has 3 aromatic heterocycles. The molecule has 4 aromatic rings. The summed E-state index contributed by atoms with van der Waals surface area (Å²) in [4.78, 5) is 28.7. The van der Waals surface area contributed by atoms with Crippen molar-refractivity contribution >= 4 is 5.91 Å². The number of benzene rings is 1. The van der Waals surface area contributed by atoms with Gasteiger partial charge in [-0.1, -0.05) is 24.3 Å². The largest absolute Gasteiger partial charge is 0.494 e. The maximum atomic E-state index is 14.4. The molecule has 0 atom stereocenters. The van der Waals surface area contributed by atoms with E-state index in [-0.39, 0.29) is 31.1 Å². The molecule has 0 aliphatic carbocycles. The first-order chi connectivity index (χ1) is 17.9. The van der Waals surface area contributed by atoms with Crippen molar-refractivity contribution in [1.82, 2.24) is 24.6 Å². The number of hydrogen-bond acceptors (Lipinski definition) is 6. The van der Waals surface area contributed by atoms with Gasteiger partial charge in [-0.15, -0.1) is 0 Å². The molecule has 0 saturated heterocycles. The molecule has 1 N–H and O–H groups in total. The third-order valence-electron chi connectivity index (χ3n) is 5.62. The van der Waals surface area contributed by atoms with Crippen molar-refractivity contribution in [2.24, 2.45) is 0 Å². The number of nitrogens with zero attached hydrogens (tertiary/aromatic N) is 4. The molecular formula is C26H25F2N5O4. The Bertz CT molecular complexity index is 1450. The van der Waals surface area contributed by atoms with Crippen molar-refractivity contribution in [3.8, 4) is 5.75 Å². The number of hydrogen-bond donors (Lipinski definition) is 1. The summed E-state index contributed by atoms with van der Waals surface area (Å²) in [7, 11) is 2.85. The Morgan fingerprint density at radius 1 is 1.03 bits per heavy atom. The summed E-state index contributed by atoms with van der Waals surface area (Å²) in [6.45, 7) is 0.595. The van der Waals surface area contributed by atoms with Crippen LogP contribution >= 0.6 is 0 Å². The van der Waals surface area contributed by atoms with Crippen LogP contribution in [0.4, 0.5) is 8.78 Å². The Labute approximate surface area is 211 Å². The molecule has 192 valence electrons. The smallest absolute Gasteiger partial charge is 0.286 e. The van der Waals surface area contributed by atoms with Gasteiger partial charge in [0, 0.05) is 31.8 Å². The molecule has 11 heteroatoms. The van der Waals surface area contributed by atoms with Gasteiger partial charge in [-0.3, -0.25) is 19.3 Å². The molecule has 4 rings (SSSR count). The lowest BCUT2D eigenvalue weighted by Gasteiger charge is -2.08. The molecule has 3 heterocycles. The number of rotatable bonds is 10. The van der Waals surface area contributed by atoms with Crippen LogP contribution in [0.15, 0.2) is 65.8 Å².